The van der Waals surface area contributed by atoms with E-state index in [1.807, 2.05) is 6.07 Å². The average Bonchev–Trinajstić information content (AvgIpc) is 2.73. The van der Waals surface area contributed by atoms with Crippen molar-refractivity contribution in [3.63, 3.8) is 0 Å². The Labute approximate surface area is 116 Å². The second-order valence-corrected chi connectivity index (χ2v) is 4.74. The van der Waals surface area contributed by atoms with Gasteiger partial charge in [0.15, 0.2) is 11.5 Å². The van der Waals surface area contributed by atoms with E-state index in [1.54, 1.807) is 19.1 Å². The van der Waals surface area contributed by atoms with E-state index in [0.717, 1.165) is 5.69 Å². The molecule has 3 rings (SSSR count). The van der Waals surface area contributed by atoms with Gasteiger partial charge < -0.3 is 14.8 Å². The molecule has 0 radical (unpaired) electrons. The predicted octanol–water partition coefficient (Wildman–Crippen LogP) is 1.02. The molecule has 0 aromatic heterocycles. The molecule has 106 valence electrons. The highest BCUT2D eigenvalue weighted by atomic mass is 16.6. The van der Waals surface area contributed by atoms with Crippen molar-refractivity contribution in [3.05, 3.63) is 18.2 Å². The molecule has 1 N–H and O–H groups in total. The number of ether oxygens (including phenoxy) is 2. The highest BCUT2D eigenvalue weighted by Crippen LogP contribution is 2.33. The van der Waals surface area contributed by atoms with Gasteiger partial charge in [0.25, 0.3) is 5.91 Å². The van der Waals surface area contributed by atoms with Gasteiger partial charge in [-0.15, -0.1) is 0 Å². The maximum Gasteiger partial charge on any atom is 0.252 e. The number of likely N-dealkylation sites (N-methyl/N-ethyl adjacent to an activating group) is 1. The van der Waals surface area contributed by atoms with Crippen molar-refractivity contribution in [2.75, 3.05) is 25.1 Å². The number of rotatable bonds is 3. The zero-order valence-corrected chi connectivity index (χ0v) is 11.2. The van der Waals surface area contributed by atoms with Crippen molar-refractivity contribution in [1.82, 2.24) is 4.90 Å². The highest BCUT2D eigenvalue weighted by Gasteiger charge is 2.37. The number of amides is 2. The SMILES string of the molecule is CCN1C(=O)C[C@H](Nc2ccc3c(c2)OCCO3)C1=O. The van der Waals surface area contributed by atoms with Crippen molar-refractivity contribution in [3.8, 4) is 11.5 Å². The summed E-state index contributed by atoms with van der Waals surface area (Å²) in [4.78, 5) is 25.0. The Kier molecular flexibility index (Phi) is 3.22. The first-order chi connectivity index (χ1) is 9.69. The Morgan fingerprint density at radius 2 is 2.00 bits per heavy atom. The standard InChI is InChI=1S/C14H16N2O4/c1-2-16-13(17)8-10(14(16)18)15-9-3-4-11-12(7-9)20-6-5-19-11/h3-4,7,10,15H,2,5-6,8H2,1H3/t10-/m0/s1. The fraction of sp³-hybridized carbons (Fsp3) is 0.429. The molecular weight excluding hydrogens is 260 g/mol. The molecule has 20 heavy (non-hydrogen) atoms. The lowest BCUT2D eigenvalue weighted by Gasteiger charge is -2.20. The first kappa shape index (κ1) is 12.8. The van der Waals surface area contributed by atoms with Gasteiger partial charge in [-0.25, -0.2) is 0 Å². The van der Waals surface area contributed by atoms with Crippen LogP contribution < -0.4 is 14.8 Å². The zero-order chi connectivity index (χ0) is 14.1. The van der Waals surface area contributed by atoms with Gasteiger partial charge in [0.05, 0.1) is 6.42 Å². The largest absolute Gasteiger partial charge is 0.486 e. The lowest BCUT2D eigenvalue weighted by atomic mass is 10.2. The molecule has 2 amide bonds. The van der Waals surface area contributed by atoms with Gasteiger partial charge in [-0.3, -0.25) is 14.5 Å². The zero-order valence-electron chi connectivity index (χ0n) is 11.2. The molecule has 0 unspecified atom stereocenters. The molecule has 2 heterocycles. The van der Waals surface area contributed by atoms with E-state index in [-0.39, 0.29) is 18.2 Å². The number of carbonyl (C=O) groups is 2. The molecule has 6 heteroatoms. The summed E-state index contributed by atoms with van der Waals surface area (Å²) in [7, 11) is 0. The van der Waals surface area contributed by atoms with Gasteiger partial charge in [0.1, 0.15) is 19.3 Å². The smallest absolute Gasteiger partial charge is 0.252 e. The van der Waals surface area contributed by atoms with Crippen molar-refractivity contribution in [1.29, 1.82) is 0 Å². The fourth-order valence-electron chi connectivity index (χ4n) is 2.46. The number of nitrogens with one attached hydrogen (secondary N) is 1. The van der Waals surface area contributed by atoms with E-state index >= 15 is 0 Å². The summed E-state index contributed by atoms with van der Waals surface area (Å²) in [5, 5.41) is 3.09. The summed E-state index contributed by atoms with van der Waals surface area (Å²) in [6.45, 7) is 3.26. The number of hydrogen-bond donors (Lipinski definition) is 1. The minimum Gasteiger partial charge on any atom is -0.486 e. The van der Waals surface area contributed by atoms with E-state index in [4.69, 9.17) is 9.47 Å². The summed E-state index contributed by atoms with van der Waals surface area (Å²) >= 11 is 0. The van der Waals surface area contributed by atoms with Gasteiger partial charge in [-0.1, -0.05) is 0 Å². The molecule has 2 aliphatic rings. The van der Waals surface area contributed by atoms with Crippen LogP contribution in [0.4, 0.5) is 5.69 Å². The van der Waals surface area contributed by atoms with Crippen molar-refractivity contribution in [2.24, 2.45) is 0 Å². The summed E-state index contributed by atoms with van der Waals surface area (Å²) in [5.41, 5.74) is 0.748. The lowest BCUT2D eigenvalue weighted by molar-refractivity contribution is -0.138. The van der Waals surface area contributed by atoms with E-state index < -0.39 is 6.04 Å². The van der Waals surface area contributed by atoms with Gasteiger partial charge in [0, 0.05) is 18.3 Å². The van der Waals surface area contributed by atoms with Crippen LogP contribution in [0.15, 0.2) is 18.2 Å². The molecule has 6 nitrogen and oxygen atoms in total. The number of hydrogen-bond acceptors (Lipinski definition) is 5. The first-order valence-electron chi connectivity index (χ1n) is 6.69. The van der Waals surface area contributed by atoms with E-state index in [1.165, 1.54) is 4.90 Å². The highest BCUT2D eigenvalue weighted by molar-refractivity contribution is 6.06. The summed E-state index contributed by atoms with van der Waals surface area (Å²) < 4.78 is 10.9. The number of nitrogens with zero attached hydrogens (tertiary/aromatic N) is 1. The van der Waals surface area contributed by atoms with Gasteiger partial charge in [-0.05, 0) is 19.1 Å². The molecular formula is C14H16N2O4. The second-order valence-electron chi connectivity index (χ2n) is 4.74. The second kappa shape index (κ2) is 5.03. The van der Waals surface area contributed by atoms with Crippen LogP contribution in [-0.4, -0.2) is 42.5 Å². The molecule has 1 atom stereocenters. The third kappa shape index (κ3) is 2.17. The molecule has 1 saturated heterocycles. The minimum absolute atomic E-state index is 0.132. The molecule has 1 aromatic carbocycles. The van der Waals surface area contributed by atoms with Crippen LogP contribution in [0.2, 0.25) is 0 Å². The number of anilines is 1. The minimum atomic E-state index is -0.495. The summed E-state index contributed by atoms with van der Waals surface area (Å²) in [6.07, 6.45) is 0.196. The van der Waals surface area contributed by atoms with E-state index in [9.17, 15) is 9.59 Å². The van der Waals surface area contributed by atoms with Crippen LogP contribution in [0, 0.1) is 0 Å². The monoisotopic (exact) mass is 276 g/mol. The third-order valence-corrected chi connectivity index (χ3v) is 3.44. The molecule has 0 bridgehead atoms. The molecule has 2 aliphatic heterocycles. The molecule has 1 fully saturated rings. The predicted molar refractivity (Wildman–Crippen MR) is 71.9 cm³/mol. The number of likely N-dealkylation sites (tertiary alicyclic amines) is 1. The van der Waals surface area contributed by atoms with Crippen LogP contribution in [-0.2, 0) is 9.59 Å². The maximum absolute atomic E-state index is 12.0. The van der Waals surface area contributed by atoms with Crippen molar-refractivity contribution in [2.45, 2.75) is 19.4 Å². The lowest BCUT2D eigenvalue weighted by Crippen LogP contribution is -2.34. The number of carbonyl (C=O) groups excluding carboxylic acids is 2. The first-order valence-corrected chi connectivity index (χ1v) is 6.69. The van der Waals surface area contributed by atoms with Gasteiger partial charge in [0.2, 0.25) is 5.91 Å². The third-order valence-electron chi connectivity index (χ3n) is 3.44. The molecule has 0 aliphatic carbocycles. The summed E-state index contributed by atoms with van der Waals surface area (Å²) in [5.74, 6) is 1.05. The number of imide groups is 1. The van der Waals surface area contributed by atoms with Crippen LogP contribution >= 0.6 is 0 Å². The Morgan fingerprint density at radius 3 is 2.70 bits per heavy atom. The number of fused-ring (bicyclic) bond motifs is 1. The van der Waals surface area contributed by atoms with Crippen LogP contribution in [0.3, 0.4) is 0 Å². The van der Waals surface area contributed by atoms with Crippen LogP contribution in [0.1, 0.15) is 13.3 Å². The average molecular weight is 276 g/mol. The normalized spacial score (nSPS) is 21.2. The molecule has 1 aromatic rings. The van der Waals surface area contributed by atoms with Crippen molar-refractivity contribution < 1.29 is 19.1 Å². The van der Waals surface area contributed by atoms with Crippen LogP contribution in [0.25, 0.3) is 0 Å². The topological polar surface area (TPSA) is 67.9 Å². The Balaban J connectivity index is 1.75. The van der Waals surface area contributed by atoms with Gasteiger partial charge in [-0.2, -0.15) is 0 Å². The quantitative estimate of drug-likeness (QED) is 0.835. The number of benzene rings is 1. The summed E-state index contributed by atoms with van der Waals surface area (Å²) in [6, 6.07) is 4.92. The van der Waals surface area contributed by atoms with Crippen LogP contribution in [0.5, 0.6) is 11.5 Å². The fourth-order valence-corrected chi connectivity index (χ4v) is 2.46. The molecule has 0 saturated carbocycles. The Bertz CT molecular complexity index is 558. The van der Waals surface area contributed by atoms with Gasteiger partial charge >= 0.3 is 0 Å². The Hall–Kier alpha value is -2.24. The van der Waals surface area contributed by atoms with E-state index in [2.05, 4.69) is 5.32 Å². The van der Waals surface area contributed by atoms with E-state index in [0.29, 0.717) is 31.3 Å². The maximum atomic E-state index is 12.0. The Morgan fingerprint density at radius 1 is 1.25 bits per heavy atom. The molecule has 0 spiro atoms. The van der Waals surface area contributed by atoms with Crippen molar-refractivity contribution >= 4 is 17.5 Å².